The summed E-state index contributed by atoms with van der Waals surface area (Å²) in [5.41, 5.74) is 0.00102. The van der Waals surface area contributed by atoms with Gasteiger partial charge >= 0.3 is 6.18 Å². The predicted molar refractivity (Wildman–Crippen MR) is 97.8 cm³/mol. The molecule has 1 aliphatic heterocycles. The molecule has 1 amide bonds. The summed E-state index contributed by atoms with van der Waals surface area (Å²) in [5.74, 6) is 0.674. The van der Waals surface area contributed by atoms with Gasteiger partial charge in [-0.3, -0.25) is 4.79 Å². The molecule has 0 N–H and O–H groups in total. The third-order valence-corrected chi connectivity index (χ3v) is 4.45. The van der Waals surface area contributed by atoms with Crippen molar-refractivity contribution in [2.24, 2.45) is 0 Å². The number of alkyl halides is 3. The molecular formula is C20H21F3N2O4. The molecule has 1 saturated heterocycles. The van der Waals surface area contributed by atoms with Gasteiger partial charge in [-0.2, -0.15) is 13.2 Å². The Labute approximate surface area is 166 Å². The lowest BCUT2D eigenvalue weighted by Gasteiger charge is -2.24. The summed E-state index contributed by atoms with van der Waals surface area (Å²) in [6.45, 7) is 1.25. The number of hydrogen-bond donors (Lipinski definition) is 0. The second-order valence-electron chi connectivity index (χ2n) is 6.56. The lowest BCUT2D eigenvalue weighted by Crippen LogP contribution is -2.40. The van der Waals surface area contributed by atoms with Gasteiger partial charge in [0.25, 0.3) is 0 Å². The first-order valence-electron chi connectivity index (χ1n) is 9.03. The Kier molecular flexibility index (Phi) is 6.58. The van der Waals surface area contributed by atoms with E-state index in [9.17, 15) is 18.0 Å². The number of halogens is 3. The van der Waals surface area contributed by atoms with Gasteiger partial charge < -0.3 is 19.1 Å². The molecule has 0 saturated carbocycles. The maximum Gasteiger partial charge on any atom is 0.417 e. The van der Waals surface area contributed by atoms with Crippen molar-refractivity contribution in [1.82, 2.24) is 9.88 Å². The summed E-state index contributed by atoms with van der Waals surface area (Å²) >= 11 is 0. The topological polar surface area (TPSA) is 60.9 Å². The van der Waals surface area contributed by atoms with Crippen molar-refractivity contribution in [2.45, 2.75) is 18.7 Å². The number of methoxy groups -OCH3 is 1. The molecule has 0 bridgehead atoms. The lowest BCUT2D eigenvalue weighted by molar-refractivity contribution is -0.138. The normalized spacial score (nSPS) is 17.5. The summed E-state index contributed by atoms with van der Waals surface area (Å²) in [6, 6.07) is 9.30. The molecule has 1 aliphatic rings. The van der Waals surface area contributed by atoms with Gasteiger partial charge in [0.05, 0.1) is 38.9 Å². The van der Waals surface area contributed by atoms with Crippen LogP contribution >= 0.6 is 0 Å². The molecule has 1 aromatic carbocycles. The molecule has 9 heteroatoms. The van der Waals surface area contributed by atoms with Crippen molar-refractivity contribution < 1.29 is 32.2 Å². The zero-order valence-electron chi connectivity index (χ0n) is 15.8. The first-order valence-corrected chi connectivity index (χ1v) is 9.03. The number of nitrogens with zero attached hydrogens (tertiary/aromatic N) is 2. The number of carbonyl (C=O) groups excluding carboxylic acids is 1. The molecule has 2 aromatic rings. The van der Waals surface area contributed by atoms with Crippen LogP contribution in [0.2, 0.25) is 0 Å². The fourth-order valence-corrected chi connectivity index (χ4v) is 2.90. The Morgan fingerprint density at radius 3 is 2.62 bits per heavy atom. The maximum atomic E-state index is 12.7. The van der Waals surface area contributed by atoms with E-state index in [4.69, 9.17) is 14.2 Å². The number of rotatable bonds is 5. The molecule has 0 radical (unpaired) electrons. The molecule has 0 aliphatic carbocycles. The largest absolute Gasteiger partial charge is 0.497 e. The van der Waals surface area contributed by atoms with E-state index >= 15 is 0 Å². The number of ether oxygens (including phenoxy) is 3. The van der Waals surface area contributed by atoms with Gasteiger partial charge in [0.2, 0.25) is 11.8 Å². The van der Waals surface area contributed by atoms with Crippen molar-refractivity contribution in [3.05, 3.63) is 53.7 Å². The van der Waals surface area contributed by atoms with Crippen LogP contribution in [0.1, 0.15) is 11.1 Å². The third-order valence-electron chi connectivity index (χ3n) is 4.45. The summed E-state index contributed by atoms with van der Waals surface area (Å²) < 4.78 is 54.2. The van der Waals surface area contributed by atoms with E-state index in [1.807, 2.05) is 12.1 Å². The smallest absolute Gasteiger partial charge is 0.417 e. The van der Waals surface area contributed by atoms with Crippen molar-refractivity contribution in [3.8, 4) is 11.6 Å². The molecule has 6 nitrogen and oxygen atoms in total. The fraction of sp³-hybridized carbons (Fsp3) is 0.400. The highest BCUT2D eigenvalue weighted by Gasteiger charge is 2.31. The van der Waals surface area contributed by atoms with E-state index < -0.39 is 17.8 Å². The Bertz CT molecular complexity index is 810. The van der Waals surface area contributed by atoms with Crippen molar-refractivity contribution in [1.29, 1.82) is 0 Å². The van der Waals surface area contributed by atoms with Crippen LogP contribution in [0.25, 0.3) is 0 Å². The van der Waals surface area contributed by atoms with Gasteiger partial charge in [0.1, 0.15) is 11.9 Å². The monoisotopic (exact) mass is 410 g/mol. The SMILES string of the molecule is COc1ccc(CC(=O)N2CCOC[C@H](Oc3ccc(C(F)(F)F)cn3)C2)cc1. The van der Waals surface area contributed by atoms with Gasteiger partial charge in [0, 0.05) is 18.8 Å². The standard InChI is InChI=1S/C20H21F3N2O4/c1-27-16-5-2-14(3-6-16)10-19(26)25-8-9-28-13-17(12-25)29-18-7-4-15(11-24-18)20(21,22)23/h2-7,11,17H,8-10,12-13H2,1H3/t17-/m1/s1. The van der Waals surface area contributed by atoms with Gasteiger partial charge in [-0.1, -0.05) is 12.1 Å². The van der Waals surface area contributed by atoms with Crippen molar-refractivity contribution in [3.63, 3.8) is 0 Å². The molecule has 156 valence electrons. The summed E-state index contributed by atoms with van der Waals surface area (Å²) in [4.78, 5) is 18.0. The van der Waals surface area contributed by atoms with E-state index in [2.05, 4.69) is 4.98 Å². The van der Waals surface area contributed by atoms with Crippen LogP contribution < -0.4 is 9.47 Å². The first kappa shape index (κ1) is 20.9. The maximum absolute atomic E-state index is 12.7. The minimum Gasteiger partial charge on any atom is -0.497 e. The zero-order chi connectivity index (χ0) is 20.9. The highest BCUT2D eigenvalue weighted by molar-refractivity contribution is 5.78. The molecular weight excluding hydrogens is 389 g/mol. The van der Waals surface area contributed by atoms with E-state index in [0.29, 0.717) is 18.9 Å². The van der Waals surface area contributed by atoms with E-state index in [0.717, 1.165) is 23.9 Å². The Morgan fingerprint density at radius 1 is 1.24 bits per heavy atom. The number of benzene rings is 1. The van der Waals surface area contributed by atoms with Gasteiger partial charge in [-0.05, 0) is 23.8 Å². The minimum absolute atomic E-state index is 0.0519. The molecule has 0 spiro atoms. The molecule has 2 heterocycles. The predicted octanol–water partition coefficient (Wildman–Crippen LogP) is 2.96. The van der Waals surface area contributed by atoms with Crippen LogP contribution in [0, 0.1) is 0 Å². The highest BCUT2D eigenvalue weighted by atomic mass is 19.4. The molecule has 1 fully saturated rings. The molecule has 0 unspecified atom stereocenters. The minimum atomic E-state index is -4.46. The van der Waals surface area contributed by atoms with E-state index in [-0.39, 0.29) is 31.4 Å². The summed E-state index contributed by atoms with van der Waals surface area (Å²) in [5, 5.41) is 0. The summed E-state index contributed by atoms with van der Waals surface area (Å²) in [6.07, 6.45) is -4.04. The fourth-order valence-electron chi connectivity index (χ4n) is 2.90. The molecule has 3 rings (SSSR count). The van der Waals surface area contributed by atoms with E-state index in [1.165, 1.54) is 0 Å². The van der Waals surface area contributed by atoms with Crippen LogP contribution in [0.5, 0.6) is 11.6 Å². The first-order chi connectivity index (χ1) is 13.8. The Balaban J connectivity index is 1.60. The number of amides is 1. The molecule has 1 atom stereocenters. The second kappa shape index (κ2) is 9.13. The average Bonchev–Trinajstić information content (AvgIpc) is 2.94. The quantitative estimate of drug-likeness (QED) is 0.759. The zero-order valence-corrected chi connectivity index (χ0v) is 15.8. The van der Waals surface area contributed by atoms with Crippen molar-refractivity contribution >= 4 is 5.91 Å². The van der Waals surface area contributed by atoms with Crippen LogP contribution in [-0.2, 0) is 22.1 Å². The second-order valence-corrected chi connectivity index (χ2v) is 6.56. The highest BCUT2D eigenvalue weighted by Crippen LogP contribution is 2.29. The molecule has 1 aromatic heterocycles. The van der Waals surface area contributed by atoms with Crippen LogP contribution in [0.3, 0.4) is 0 Å². The number of aromatic nitrogens is 1. The van der Waals surface area contributed by atoms with Gasteiger partial charge in [0.15, 0.2) is 0 Å². The van der Waals surface area contributed by atoms with Crippen molar-refractivity contribution in [2.75, 3.05) is 33.4 Å². The average molecular weight is 410 g/mol. The number of pyridine rings is 1. The van der Waals surface area contributed by atoms with Gasteiger partial charge in [-0.15, -0.1) is 0 Å². The Morgan fingerprint density at radius 2 is 2.00 bits per heavy atom. The summed E-state index contributed by atoms with van der Waals surface area (Å²) in [7, 11) is 1.57. The van der Waals surface area contributed by atoms with Gasteiger partial charge in [-0.25, -0.2) is 4.98 Å². The number of hydrogen-bond acceptors (Lipinski definition) is 5. The Hall–Kier alpha value is -2.81. The number of carbonyl (C=O) groups is 1. The van der Waals surface area contributed by atoms with Crippen LogP contribution in [0.15, 0.2) is 42.6 Å². The van der Waals surface area contributed by atoms with E-state index in [1.54, 1.807) is 24.1 Å². The molecule has 29 heavy (non-hydrogen) atoms. The third kappa shape index (κ3) is 5.83. The van der Waals surface area contributed by atoms with Crippen LogP contribution in [-0.4, -0.2) is 55.3 Å². The lowest BCUT2D eigenvalue weighted by atomic mass is 10.1. The van der Waals surface area contributed by atoms with Crippen LogP contribution in [0.4, 0.5) is 13.2 Å².